The number of amides is 1. The van der Waals surface area contributed by atoms with Crippen LogP contribution >= 0.6 is 0 Å². The van der Waals surface area contributed by atoms with Gasteiger partial charge in [-0.15, -0.1) is 0 Å². The van der Waals surface area contributed by atoms with Crippen molar-refractivity contribution in [3.8, 4) is 5.75 Å². The van der Waals surface area contributed by atoms with E-state index in [1.54, 1.807) is 36.1 Å². The number of benzene rings is 2. The van der Waals surface area contributed by atoms with Crippen LogP contribution < -0.4 is 9.64 Å². The van der Waals surface area contributed by atoms with E-state index < -0.39 is 0 Å². The van der Waals surface area contributed by atoms with E-state index in [1.807, 2.05) is 24.3 Å². The molecule has 1 amide bonds. The number of para-hydroxylation sites is 1. The molecule has 128 valence electrons. The number of carbonyl (C=O) groups is 2. The van der Waals surface area contributed by atoms with Crippen molar-refractivity contribution in [2.24, 2.45) is 5.92 Å². The standard InChI is InChI=1S/C20H19NO4/c1-2-24-20(23)13-7-9-14(10-8-13)21-18-15-5-3-4-6-17(15)25-12-11-16(18)19(21)22/h3-10,16,18H,2,11-12H2,1H3/t16-,18+/m0/s1. The summed E-state index contributed by atoms with van der Waals surface area (Å²) < 4.78 is 10.8. The molecule has 4 rings (SSSR count). The third-order valence-electron chi connectivity index (χ3n) is 4.79. The molecule has 5 nitrogen and oxygen atoms in total. The van der Waals surface area contributed by atoms with Crippen molar-refractivity contribution < 1.29 is 19.1 Å². The second-order valence-electron chi connectivity index (χ2n) is 6.20. The van der Waals surface area contributed by atoms with Gasteiger partial charge in [-0.1, -0.05) is 18.2 Å². The van der Waals surface area contributed by atoms with E-state index in [4.69, 9.17) is 9.47 Å². The maximum absolute atomic E-state index is 12.7. The Hall–Kier alpha value is -2.82. The minimum atomic E-state index is -0.352. The van der Waals surface area contributed by atoms with Gasteiger partial charge in [0.1, 0.15) is 5.75 Å². The molecule has 2 aromatic carbocycles. The van der Waals surface area contributed by atoms with Gasteiger partial charge in [-0.05, 0) is 43.7 Å². The minimum absolute atomic E-state index is 0.0142. The zero-order valence-corrected chi connectivity index (χ0v) is 14.0. The van der Waals surface area contributed by atoms with Crippen molar-refractivity contribution in [3.63, 3.8) is 0 Å². The van der Waals surface area contributed by atoms with E-state index >= 15 is 0 Å². The number of carbonyl (C=O) groups excluding carboxylic acids is 2. The first-order valence-corrected chi connectivity index (χ1v) is 8.52. The molecule has 2 aliphatic heterocycles. The average Bonchev–Trinajstić information content (AvgIpc) is 2.80. The van der Waals surface area contributed by atoms with E-state index in [-0.39, 0.29) is 23.8 Å². The van der Waals surface area contributed by atoms with Gasteiger partial charge in [-0.3, -0.25) is 4.79 Å². The molecule has 0 saturated carbocycles. The molecule has 1 fully saturated rings. The van der Waals surface area contributed by atoms with Crippen molar-refractivity contribution in [2.45, 2.75) is 19.4 Å². The Morgan fingerprint density at radius 2 is 1.96 bits per heavy atom. The predicted molar refractivity (Wildman–Crippen MR) is 92.7 cm³/mol. The Kier molecular flexibility index (Phi) is 3.92. The molecular formula is C20H19NO4. The van der Waals surface area contributed by atoms with Crippen molar-refractivity contribution in [3.05, 3.63) is 59.7 Å². The van der Waals surface area contributed by atoms with Crippen LogP contribution in [0.15, 0.2) is 48.5 Å². The van der Waals surface area contributed by atoms with Crippen LogP contribution in [0.1, 0.15) is 35.3 Å². The second-order valence-corrected chi connectivity index (χ2v) is 6.20. The third kappa shape index (κ3) is 2.56. The van der Waals surface area contributed by atoms with Gasteiger partial charge in [0, 0.05) is 11.3 Å². The van der Waals surface area contributed by atoms with Gasteiger partial charge in [-0.2, -0.15) is 0 Å². The SMILES string of the molecule is CCOC(=O)c1ccc(N2C(=O)[C@H]3CCOc4ccccc4[C@H]32)cc1. The molecular weight excluding hydrogens is 318 g/mol. The van der Waals surface area contributed by atoms with Crippen molar-refractivity contribution in [1.29, 1.82) is 0 Å². The van der Waals surface area contributed by atoms with E-state index in [0.717, 1.165) is 23.4 Å². The molecule has 5 heteroatoms. The fraction of sp³-hybridized carbons (Fsp3) is 0.300. The molecule has 0 bridgehead atoms. The molecule has 0 aliphatic carbocycles. The first-order chi connectivity index (χ1) is 12.2. The fourth-order valence-electron chi connectivity index (χ4n) is 3.60. The van der Waals surface area contributed by atoms with Gasteiger partial charge in [0.25, 0.3) is 0 Å². The van der Waals surface area contributed by atoms with Crippen LogP contribution in [0, 0.1) is 5.92 Å². The van der Waals surface area contributed by atoms with Crippen LogP contribution in [0.5, 0.6) is 5.75 Å². The normalized spacial score (nSPS) is 21.3. The topological polar surface area (TPSA) is 55.8 Å². The number of esters is 1. The molecule has 2 atom stereocenters. The zero-order valence-electron chi connectivity index (χ0n) is 14.0. The summed E-state index contributed by atoms with van der Waals surface area (Å²) >= 11 is 0. The fourth-order valence-corrected chi connectivity index (χ4v) is 3.60. The summed E-state index contributed by atoms with van der Waals surface area (Å²) in [4.78, 5) is 26.2. The van der Waals surface area contributed by atoms with E-state index in [2.05, 4.69) is 0 Å². The average molecular weight is 337 g/mol. The second kappa shape index (κ2) is 6.24. The summed E-state index contributed by atoms with van der Waals surface area (Å²) in [6, 6.07) is 14.9. The number of fused-ring (bicyclic) bond motifs is 3. The number of rotatable bonds is 3. The van der Waals surface area contributed by atoms with Crippen LogP contribution in [0.25, 0.3) is 0 Å². The number of ether oxygens (including phenoxy) is 2. The summed E-state index contributed by atoms with van der Waals surface area (Å²) in [6.45, 7) is 2.67. The molecule has 2 heterocycles. The van der Waals surface area contributed by atoms with Gasteiger partial charge in [-0.25, -0.2) is 4.79 Å². The Balaban J connectivity index is 1.65. The molecule has 2 aromatic rings. The van der Waals surface area contributed by atoms with Gasteiger partial charge < -0.3 is 14.4 Å². The summed E-state index contributed by atoms with van der Waals surface area (Å²) in [5.74, 6) is 0.549. The molecule has 0 N–H and O–H groups in total. The molecule has 25 heavy (non-hydrogen) atoms. The highest BCUT2D eigenvalue weighted by atomic mass is 16.5. The highest BCUT2D eigenvalue weighted by molar-refractivity contribution is 6.04. The summed E-state index contributed by atoms with van der Waals surface area (Å²) in [5, 5.41) is 0. The zero-order chi connectivity index (χ0) is 17.4. The van der Waals surface area contributed by atoms with E-state index in [1.165, 1.54) is 0 Å². The maximum Gasteiger partial charge on any atom is 0.338 e. The van der Waals surface area contributed by atoms with E-state index in [0.29, 0.717) is 18.8 Å². The lowest BCUT2D eigenvalue weighted by molar-refractivity contribution is -0.130. The van der Waals surface area contributed by atoms with Crippen LogP contribution in [-0.2, 0) is 9.53 Å². The van der Waals surface area contributed by atoms with Crippen LogP contribution in [-0.4, -0.2) is 25.1 Å². The van der Waals surface area contributed by atoms with Gasteiger partial charge in [0.05, 0.1) is 30.7 Å². The first kappa shape index (κ1) is 15.7. The molecule has 0 radical (unpaired) electrons. The largest absolute Gasteiger partial charge is 0.493 e. The van der Waals surface area contributed by atoms with Crippen LogP contribution in [0.4, 0.5) is 5.69 Å². The summed E-state index contributed by atoms with van der Waals surface area (Å²) in [5.41, 5.74) is 2.31. The summed E-state index contributed by atoms with van der Waals surface area (Å²) in [6.07, 6.45) is 0.718. The third-order valence-corrected chi connectivity index (χ3v) is 4.79. The van der Waals surface area contributed by atoms with Crippen LogP contribution in [0.3, 0.4) is 0 Å². The maximum atomic E-state index is 12.7. The lowest BCUT2D eigenvalue weighted by Gasteiger charge is -2.46. The van der Waals surface area contributed by atoms with Crippen molar-refractivity contribution in [2.75, 3.05) is 18.1 Å². The lowest BCUT2D eigenvalue weighted by atomic mass is 9.80. The Morgan fingerprint density at radius 1 is 1.20 bits per heavy atom. The number of nitrogens with zero attached hydrogens (tertiary/aromatic N) is 1. The highest BCUT2D eigenvalue weighted by Gasteiger charge is 2.50. The first-order valence-electron chi connectivity index (χ1n) is 8.52. The van der Waals surface area contributed by atoms with E-state index in [9.17, 15) is 9.59 Å². The minimum Gasteiger partial charge on any atom is -0.493 e. The predicted octanol–water partition coefficient (Wildman–Crippen LogP) is 3.35. The quantitative estimate of drug-likeness (QED) is 0.637. The summed E-state index contributed by atoms with van der Waals surface area (Å²) in [7, 11) is 0. The number of anilines is 1. The van der Waals surface area contributed by atoms with Gasteiger partial charge in [0.15, 0.2) is 0 Å². The smallest absolute Gasteiger partial charge is 0.338 e. The Labute approximate surface area is 146 Å². The molecule has 0 aromatic heterocycles. The lowest BCUT2D eigenvalue weighted by Crippen LogP contribution is -2.55. The van der Waals surface area contributed by atoms with Crippen molar-refractivity contribution in [1.82, 2.24) is 0 Å². The Morgan fingerprint density at radius 3 is 2.72 bits per heavy atom. The highest BCUT2D eigenvalue weighted by Crippen LogP contribution is 2.49. The molecule has 1 saturated heterocycles. The molecule has 0 unspecified atom stereocenters. The number of hydrogen-bond acceptors (Lipinski definition) is 4. The van der Waals surface area contributed by atoms with Crippen LogP contribution in [0.2, 0.25) is 0 Å². The Bertz CT molecular complexity index is 815. The molecule has 0 spiro atoms. The van der Waals surface area contributed by atoms with Crippen molar-refractivity contribution >= 4 is 17.6 Å². The number of β-lactam (4-membered cyclic amide) rings is 1. The van der Waals surface area contributed by atoms with Gasteiger partial charge in [0.2, 0.25) is 5.91 Å². The molecule has 2 aliphatic rings. The number of hydrogen-bond donors (Lipinski definition) is 0. The van der Waals surface area contributed by atoms with Gasteiger partial charge >= 0.3 is 5.97 Å². The monoisotopic (exact) mass is 337 g/mol.